The van der Waals surface area contributed by atoms with Crippen molar-refractivity contribution in [2.45, 2.75) is 25.2 Å². The Hall–Kier alpha value is -1.24. The lowest BCUT2D eigenvalue weighted by molar-refractivity contribution is -0.115. The molecular formula is C16H18BrN3OS. The van der Waals surface area contributed by atoms with E-state index < -0.39 is 0 Å². The van der Waals surface area contributed by atoms with Gasteiger partial charge in [-0.2, -0.15) is 0 Å². The topological polar surface area (TPSA) is 54.0 Å². The van der Waals surface area contributed by atoms with Gasteiger partial charge in [0.25, 0.3) is 0 Å². The Bertz CT molecular complexity index is 652. The van der Waals surface area contributed by atoms with Crippen molar-refractivity contribution in [2.75, 3.05) is 18.4 Å². The molecule has 0 saturated carbocycles. The zero-order valence-corrected chi connectivity index (χ0v) is 14.5. The van der Waals surface area contributed by atoms with Crippen LogP contribution >= 0.6 is 27.3 Å². The smallest absolute Gasteiger partial charge is 0.230 e. The highest BCUT2D eigenvalue weighted by molar-refractivity contribution is 9.10. The van der Waals surface area contributed by atoms with Crippen LogP contribution in [-0.2, 0) is 11.2 Å². The van der Waals surface area contributed by atoms with E-state index in [1.165, 1.54) is 4.88 Å². The summed E-state index contributed by atoms with van der Waals surface area (Å²) < 4.78 is 0.986. The number of halogens is 1. The molecule has 1 aliphatic rings. The average molecular weight is 380 g/mol. The molecule has 1 aromatic heterocycles. The van der Waals surface area contributed by atoms with Gasteiger partial charge in [0.05, 0.1) is 6.42 Å². The summed E-state index contributed by atoms with van der Waals surface area (Å²) in [6.45, 7) is 2.13. The van der Waals surface area contributed by atoms with E-state index in [9.17, 15) is 4.79 Å². The van der Waals surface area contributed by atoms with Gasteiger partial charge in [0, 0.05) is 15.5 Å². The Morgan fingerprint density at radius 1 is 1.41 bits per heavy atom. The molecule has 1 aromatic carbocycles. The number of carbonyl (C=O) groups excluding carboxylic acids is 1. The van der Waals surface area contributed by atoms with E-state index in [1.54, 1.807) is 11.3 Å². The standard InChI is InChI=1S/C16H18BrN3OS/c17-13-3-1-2-11(8-13)9-15(21)20-16-19-10-14(22-16)12-4-6-18-7-5-12/h1-3,8,10,12,18H,4-7,9H2,(H,19,20,21). The molecule has 0 unspecified atom stereocenters. The summed E-state index contributed by atoms with van der Waals surface area (Å²) in [5.74, 6) is 0.554. The van der Waals surface area contributed by atoms with Crippen LogP contribution in [0.2, 0.25) is 0 Å². The third-order valence-electron chi connectivity index (χ3n) is 3.77. The third-order valence-corrected chi connectivity index (χ3v) is 5.33. The van der Waals surface area contributed by atoms with E-state index in [-0.39, 0.29) is 5.91 Å². The van der Waals surface area contributed by atoms with E-state index >= 15 is 0 Å². The second kappa shape index (κ2) is 7.35. The lowest BCUT2D eigenvalue weighted by Crippen LogP contribution is -2.26. The number of amides is 1. The highest BCUT2D eigenvalue weighted by Gasteiger charge is 2.18. The van der Waals surface area contributed by atoms with Crippen LogP contribution in [0.1, 0.15) is 29.2 Å². The Morgan fingerprint density at radius 3 is 3.00 bits per heavy atom. The summed E-state index contributed by atoms with van der Waals surface area (Å²) in [6, 6.07) is 7.80. The second-order valence-corrected chi connectivity index (χ2v) is 7.42. The molecule has 2 N–H and O–H groups in total. The maximum absolute atomic E-state index is 12.1. The van der Waals surface area contributed by atoms with Gasteiger partial charge in [0.15, 0.2) is 5.13 Å². The number of anilines is 1. The fourth-order valence-electron chi connectivity index (χ4n) is 2.64. The van der Waals surface area contributed by atoms with Crippen LogP contribution in [-0.4, -0.2) is 24.0 Å². The molecule has 1 amide bonds. The highest BCUT2D eigenvalue weighted by Crippen LogP contribution is 2.31. The number of hydrogen-bond acceptors (Lipinski definition) is 4. The van der Waals surface area contributed by atoms with E-state index in [4.69, 9.17) is 0 Å². The Kier molecular flexibility index (Phi) is 5.23. The van der Waals surface area contributed by atoms with Gasteiger partial charge in [-0.3, -0.25) is 4.79 Å². The van der Waals surface area contributed by atoms with Crippen molar-refractivity contribution in [2.24, 2.45) is 0 Å². The minimum Gasteiger partial charge on any atom is -0.317 e. The van der Waals surface area contributed by atoms with Crippen molar-refractivity contribution < 1.29 is 4.79 Å². The summed E-state index contributed by atoms with van der Waals surface area (Å²) >= 11 is 5.02. The van der Waals surface area contributed by atoms with Gasteiger partial charge in [0.1, 0.15) is 0 Å². The van der Waals surface area contributed by atoms with Crippen molar-refractivity contribution in [3.63, 3.8) is 0 Å². The van der Waals surface area contributed by atoms with Gasteiger partial charge >= 0.3 is 0 Å². The molecule has 22 heavy (non-hydrogen) atoms. The largest absolute Gasteiger partial charge is 0.317 e. The van der Waals surface area contributed by atoms with Crippen LogP contribution in [0, 0.1) is 0 Å². The molecule has 0 atom stereocenters. The summed E-state index contributed by atoms with van der Waals surface area (Å²) in [5.41, 5.74) is 0.988. The molecule has 2 aromatic rings. The first kappa shape index (κ1) is 15.6. The predicted octanol–water partition coefficient (Wildman–Crippen LogP) is 3.55. The Labute approximate surface area is 142 Å². The molecule has 1 fully saturated rings. The average Bonchev–Trinajstić information content (AvgIpc) is 2.96. The van der Waals surface area contributed by atoms with E-state index in [0.29, 0.717) is 17.5 Å². The number of hydrogen-bond donors (Lipinski definition) is 2. The van der Waals surface area contributed by atoms with Gasteiger partial charge in [0.2, 0.25) is 5.91 Å². The maximum atomic E-state index is 12.1. The minimum atomic E-state index is -0.0238. The fraction of sp³-hybridized carbons (Fsp3) is 0.375. The first-order valence-corrected chi connectivity index (χ1v) is 9.02. The molecule has 1 saturated heterocycles. The van der Waals surface area contributed by atoms with Gasteiger partial charge in [-0.1, -0.05) is 28.1 Å². The number of benzene rings is 1. The molecule has 4 nitrogen and oxygen atoms in total. The van der Waals surface area contributed by atoms with Crippen LogP contribution in [0.3, 0.4) is 0 Å². The molecule has 3 rings (SSSR count). The molecule has 6 heteroatoms. The number of aromatic nitrogens is 1. The summed E-state index contributed by atoms with van der Waals surface area (Å²) in [5, 5.41) is 6.98. The molecule has 0 spiro atoms. The van der Waals surface area contributed by atoms with E-state index in [2.05, 4.69) is 31.5 Å². The van der Waals surface area contributed by atoms with Crippen molar-refractivity contribution >= 4 is 38.3 Å². The van der Waals surface area contributed by atoms with Gasteiger partial charge in [-0.05, 0) is 49.5 Å². The molecule has 0 bridgehead atoms. The number of nitrogens with zero attached hydrogens (tertiary/aromatic N) is 1. The number of carbonyl (C=O) groups is 1. The SMILES string of the molecule is O=C(Cc1cccc(Br)c1)Nc1ncc(C2CCNCC2)s1. The molecular weight excluding hydrogens is 362 g/mol. The fourth-order valence-corrected chi connectivity index (χ4v) is 4.08. The molecule has 0 radical (unpaired) electrons. The summed E-state index contributed by atoms with van der Waals surface area (Å²) in [6.07, 6.45) is 4.57. The van der Waals surface area contributed by atoms with Crippen molar-refractivity contribution in [3.05, 3.63) is 45.4 Å². The van der Waals surface area contributed by atoms with Crippen molar-refractivity contribution in [1.29, 1.82) is 0 Å². The first-order valence-electron chi connectivity index (χ1n) is 7.41. The minimum absolute atomic E-state index is 0.0238. The van der Waals surface area contributed by atoms with Crippen molar-refractivity contribution in [1.82, 2.24) is 10.3 Å². The van der Waals surface area contributed by atoms with Gasteiger partial charge in [-0.15, -0.1) is 11.3 Å². The lowest BCUT2D eigenvalue weighted by Gasteiger charge is -2.20. The normalized spacial score (nSPS) is 15.7. The highest BCUT2D eigenvalue weighted by atomic mass is 79.9. The third kappa shape index (κ3) is 4.15. The number of thiazole rings is 1. The maximum Gasteiger partial charge on any atom is 0.230 e. The van der Waals surface area contributed by atoms with Crippen LogP contribution in [0.25, 0.3) is 0 Å². The molecule has 116 valence electrons. The molecule has 0 aliphatic carbocycles. The number of rotatable bonds is 4. The second-order valence-electron chi connectivity index (χ2n) is 5.45. The Morgan fingerprint density at radius 2 is 2.23 bits per heavy atom. The van der Waals surface area contributed by atoms with E-state index in [0.717, 1.165) is 36.0 Å². The van der Waals surface area contributed by atoms with Crippen LogP contribution in [0.15, 0.2) is 34.9 Å². The van der Waals surface area contributed by atoms with Crippen molar-refractivity contribution in [3.8, 4) is 0 Å². The van der Waals surface area contributed by atoms with E-state index in [1.807, 2.05) is 30.5 Å². The molecule has 2 heterocycles. The zero-order valence-electron chi connectivity index (χ0n) is 12.1. The number of nitrogens with one attached hydrogen (secondary N) is 2. The zero-order chi connectivity index (χ0) is 15.4. The first-order chi connectivity index (χ1) is 10.7. The molecule has 1 aliphatic heterocycles. The summed E-state index contributed by atoms with van der Waals surface area (Å²) in [4.78, 5) is 17.7. The lowest BCUT2D eigenvalue weighted by atomic mass is 9.97. The van der Waals surface area contributed by atoms with Gasteiger partial charge in [-0.25, -0.2) is 4.98 Å². The van der Waals surface area contributed by atoms with Crippen LogP contribution < -0.4 is 10.6 Å². The Balaban J connectivity index is 1.58. The number of piperidine rings is 1. The summed E-state index contributed by atoms with van der Waals surface area (Å²) in [7, 11) is 0. The van der Waals surface area contributed by atoms with Gasteiger partial charge < -0.3 is 10.6 Å². The van der Waals surface area contributed by atoms with Crippen LogP contribution in [0.5, 0.6) is 0 Å². The quantitative estimate of drug-likeness (QED) is 0.853. The monoisotopic (exact) mass is 379 g/mol. The van der Waals surface area contributed by atoms with Crippen LogP contribution in [0.4, 0.5) is 5.13 Å². The predicted molar refractivity (Wildman–Crippen MR) is 93.4 cm³/mol.